The fourth-order valence-corrected chi connectivity index (χ4v) is 3.51. The molecule has 0 fully saturated rings. The van der Waals surface area contributed by atoms with Gasteiger partial charge in [-0.2, -0.15) is 0 Å². The van der Waals surface area contributed by atoms with Crippen molar-refractivity contribution < 1.29 is 12.8 Å². The third kappa shape index (κ3) is 3.54. The van der Waals surface area contributed by atoms with Gasteiger partial charge in [0.2, 0.25) is 10.0 Å². The first kappa shape index (κ1) is 15.4. The maximum absolute atomic E-state index is 13.0. The number of nitrogens with two attached hydrogens (primary N) is 1. The van der Waals surface area contributed by atoms with Crippen LogP contribution in [0.2, 0.25) is 0 Å². The average Bonchev–Trinajstić information content (AvgIpc) is 2.82. The van der Waals surface area contributed by atoms with Gasteiger partial charge in [0.1, 0.15) is 5.82 Å². The molecule has 2 aromatic rings. The van der Waals surface area contributed by atoms with E-state index in [4.69, 9.17) is 5.14 Å². The van der Waals surface area contributed by atoms with Crippen molar-refractivity contribution in [2.75, 3.05) is 11.9 Å². The standard InChI is InChI=1S/C11H11BrFN3O2S2/c1-16(6-7-2-3-8(13)4-9(7)12)11-15-5-10(19-11)20(14,17)18/h2-5H,6H2,1H3,(H2,14,17,18). The molecule has 0 aliphatic carbocycles. The van der Waals surface area contributed by atoms with Gasteiger partial charge >= 0.3 is 0 Å². The molecule has 1 heterocycles. The summed E-state index contributed by atoms with van der Waals surface area (Å²) in [6.45, 7) is 0.457. The molecular weight excluding hydrogens is 369 g/mol. The van der Waals surface area contributed by atoms with E-state index in [1.54, 1.807) is 18.0 Å². The number of hydrogen-bond donors (Lipinski definition) is 1. The Hall–Kier alpha value is -1.03. The molecule has 9 heteroatoms. The molecule has 2 N–H and O–H groups in total. The van der Waals surface area contributed by atoms with Crippen molar-refractivity contribution in [1.82, 2.24) is 4.98 Å². The molecule has 2 rings (SSSR count). The highest BCUT2D eigenvalue weighted by Crippen LogP contribution is 2.27. The van der Waals surface area contributed by atoms with Gasteiger partial charge in [-0.15, -0.1) is 0 Å². The van der Waals surface area contributed by atoms with Crippen LogP contribution in [0.25, 0.3) is 0 Å². The molecule has 0 aliphatic rings. The van der Waals surface area contributed by atoms with Crippen molar-refractivity contribution in [3.63, 3.8) is 0 Å². The third-order valence-corrected chi connectivity index (χ3v) is 5.76. The Labute approximate surface area is 128 Å². The molecule has 0 saturated carbocycles. The minimum absolute atomic E-state index is 0.0116. The van der Waals surface area contributed by atoms with Gasteiger partial charge in [0, 0.05) is 18.1 Å². The van der Waals surface area contributed by atoms with E-state index >= 15 is 0 Å². The number of thiazole rings is 1. The van der Waals surface area contributed by atoms with Crippen LogP contribution in [-0.2, 0) is 16.6 Å². The Balaban J connectivity index is 2.20. The SMILES string of the molecule is CN(Cc1ccc(F)cc1Br)c1ncc(S(N)(=O)=O)s1. The predicted molar refractivity (Wildman–Crippen MR) is 79.7 cm³/mol. The lowest BCUT2D eigenvalue weighted by atomic mass is 10.2. The van der Waals surface area contributed by atoms with Crippen molar-refractivity contribution in [3.05, 3.63) is 40.2 Å². The molecule has 0 spiro atoms. The fraction of sp³-hybridized carbons (Fsp3) is 0.182. The van der Waals surface area contributed by atoms with Crippen molar-refractivity contribution in [2.24, 2.45) is 5.14 Å². The average molecular weight is 380 g/mol. The van der Waals surface area contributed by atoms with Gasteiger partial charge in [-0.25, -0.2) is 22.9 Å². The number of nitrogens with zero attached hydrogens (tertiary/aromatic N) is 2. The summed E-state index contributed by atoms with van der Waals surface area (Å²) in [5, 5.41) is 5.56. The molecule has 0 unspecified atom stereocenters. The smallest absolute Gasteiger partial charge is 0.249 e. The van der Waals surface area contributed by atoms with Crippen LogP contribution in [0.1, 0.15) is 5.56 Å². The number of rotatable bonds is 4. The first-order chi connectivity index (χ1) is 9.27. The van der Waals surface area contributed by atoms with Crippen LogP contribution in [0.5, 0.6) is 0 Å². The second-order valence-corrected chi connectivity index (χ2v) is 7.75. The first-order valence-corrected chi connectivity index (χ1v) is 8.56. The van der Waals surface area contributed by atoms with Crippen LogP contribution in [0.15, 0.2) is 33.1 Å². The van der Waals surface area contributed by atoms with E-state index in [-0.39, 0.29) is 10.0 Å². The third-order valence-electron chi connectivity index (χ3n) is 2.50. The molecule has 5 nitrogen and oxygen atoms in total. The summed E-state index contributed by atoms with van der Waals surface area (Å²) < 4.78 is 36.1. The molecule has 1 aromatic heterocycles. The van der Waals surface area contributed by atoms with Crippen molar-refractivity contribution in [2.45, 2.75) is 10.8 Å². The molecular formula is C11H11BrFN3O2S2. The highest BCUT2D eigenvalue weighted by molar-refractivity contribution is 9.10. The summed E-state index contributed by atoms with van der Waals surface area (Å²) in [6.07, 6.45) is 1.23. The van der Waals surface area contributed by atoms with Gasteiger partial charge in [0.05, 0.1) is 6.20 Å². The van der Waals surface area contributed by atoms with Crippen LogP contribution in [0.4, 0.5) is 9.52 Å². The normalized spacial score (nSPS) is 11.6. The lowest BCUT2D eigenvalue weighted by molar-refractivity contribution is 0.599. The van der Waals surface area contributed by atoms with Gasteiger partial charge in [-0.05, 0) is 17.7 Å². The second kappa shape index (κ2) is 5.76. The maximum atomic E-state index is 13.0. The zero-order valence-corrected chi connectivity index (χ0v) is 13.6. The maximum Gasteiger partial charge on any atom is 0.249 e. The minimum Gasteiger partial charge on any atom is -0.347 e. The zero-order chi connectivity index (χ0) is 14.9. The van der Waals surface area contributed by atoms with Crippen molar-refractivity contribution in [1.29, 1.82) is 0 Å². The monoisotopic (exact) mass is 379 g/mol. The largest absolute Gasteiger partial charge is 0.347 e. The molecule has 0 radical (unpaired) electrons. The molecule has 0 atom stereocenters. The van der Waals surface area contributed by atoms with E-state index in [0.717, 1.165) is 16.9 Å². The van der Waals surface area contributed by atoms with E-state index in [1.807, 2.05) is 0 Å². The Bertz CT molecular complexity index is 733. The molecule has 0 aliphatic heterocycles. The molecule has 0 bridgehead atoms. The van der Waals surface area contributed by atoms with Gasteiger partial charge < -0.3 is 4.90 Å². The lowest BCUT2D eigenvalue weighted by Gasteiger charge is -2.16. The summed E-state index contributed by atoms with van der Waals surface area (Å²) >= 11 is 4.27. The molecule has 0 saturated heterocycles. The fourth-order valence-electron chi connectivity index (χ4n) is 1.53. The molecule has 1 aromatic carbocycles. The van der Waals surface area contributed by atoms with Gasteiger partial charge in [0.25, 0.3) is 0 Å². The number of sulfonamides is 1. The molecule has 0 amide bonds. The summed E-state index contributed by atoms with van der Waals surface area (Å²) in [7, 11) is -1.97. The van der Waals surface area contributed by atoms with Gasteiger partial charge in [-0.1, -0.05) is 33.3 Å². The summed E-state index contributed by atoms with van der Waals surface area (Å²) in [6, 6.07) is 4.40. The number of aromatic nitrogens is 1. The van der Waals surface area contributed by atoms with Crippen LogP contribution < -0.4 is 10.0 Å². The molecule has 20 heavy (non-hydrogen) atoms. The highest BCUT2D eigenvalue weighted by Gasteiger charge is 2.15. The highest BCUT2D eigenvalue weighted by atomic mass is 79.9. The lowest BCUT2D eigenvalue weighted by Crippen LogP contribution is -2.16. The number of halogens is 2. The quantitative estimate of drug-likeness (QED) is 0.884. The Morgan fingerprint density at radius 3 is 2.75 bits per heavy atom. The Kier molecular flexibility index (Phi) is 4.43. The first-order valence-electron chi connectivity index (χ1n) is 5.41. The van der Waals surface area contributed by atoms with Crippen LogP contribution in [-0.4, -0.2) is 20.4 Å². The van der Waals surface area contributed by atoms with Gasteiger partial charge in [-0.3, -0.25) is 0 Å². The summed E-state index contributed by atoms with van der Waals surface area (Å²) in [4.78, 5) is 5.78. The van der Waals surface area contributed by atoms with Crippen LogP contribution in [0, 0.1) is 5.82 Å². The van der Waals surface area contributed by atoms with Crippen molar-refractivity contribution >= 4 is 42.4 Å². The predicted octanol–water partition coefficient (Wildman–Crippen LogP) is 2.33. The van der Waals surface area contributed by atoms with E-state index in [1.165, 1.54) is 18.3 Å². The minimum atomic E-state index is -3.73. The van der Waals surface area contributed by atoms with Gasteiger partial charge in [0.15, 0.2) is 9.34 Å². The second-order valence-electron chi connectivity index (χ2n) is 4.10. The summed E-state index contributed by atoms with van der Waals surface area (Å²) in [5.41, 5.74) is 0.862. The number of anilines is 1. The van der Waals surface area contributed by atoms with Crippen molar-refractivity contribution in [3.8, 4) is 0 Å². The van der Waals surface area contributed by atoms with E-state index in [9.17, 15) is 12.8 Å². The molecule has 108 valence electrons. The Morgan fingerprint density at radius 2 is 2.20 bits per heavy atom. The van der Waals surface area contributed by atoms with E-state index in [2.05, 4.69) is 20.9 Å². The number of primary sulfonamides is 1. The topological polar surface area (TPSA) is 76.3 Å². The Morgan fingerprint density at radius 1 is 1.50 bits per heavy atom. The van der Waals surface area contributed by atoms with Crippen LogP contribution in [0.3, 0.4) is 0 Å². The van der Waals surface area contributed by atoms with Crippen LogP contribution >= 0.6 is 27.3 Å². The number of benzene rings is 1. The zero-order valence-electron chi connectivity index (χ0n) is 10.4. The number of hydrogen-bond acceptors (Lipinski definition) is 5. The summed E-state index contributed by atoms with van der Waals surface area (Å²) in [5.74, 6) is -0.325. The van der Waals surface area contributed by atoms with E-state index < -0.39 is 10.0 Å². The van der Waals surface area contributed by atoms with E-state index in [0.29, 0.717) is 16.1 Å².